The topological polar surface area (TPSA) is 43.8 Å². The fourth-order valence-electron chi connectivity index (χ4n) is 4.06. The molecule has 0 aromatic heterocycles. The third-order valence-corrected chi connectivity index (χ3v) is 5.47. The molecule has 0 aliphatic carbocycles. The number of amides is 1. The molecule has 2 aliphatic heterocycles. The maximum absolute atomic E-state index is 13.7. The van der Waals surface area contributed by atoms with Crippen LogP contribution in [0.2, 0.25) is 0 Å². The molecule has 2 fully saturated rings. The van der Waals surface area contributed by atoms with Gasteiger partial charge in [-0.2, -0.15) is 0 Å². The minimum absolute atomic E-state index is 0.00758. The van der Waals surface area contributed by atoms with Crippen LogP contribution in [0.15, 0.2) is 18.2 Å². The third kappa shape index (κ3) is 3.85. The Hall–Kier alpha value is -1.53. The quantitative estimate of drug-likeness (QED) is 0.909. The highest BCUT2D eigenvalue weighted by Crippen LogP contribution is 2.35. The molecule has 1 N–H and O–H groups in total. The van der Waals surface area contributed by atoms with Crippen LogP contribution in [-0.2, 0) is 0 Å². The first-order chi connectivity index (χ1) is 11.8. The van der Waals surface area contributed by atoms with Gasteiger partial charge in [0, 0.05) is 37.2 Å². The maximum atomic E-state index is 13.7. The first-order valence-corrected chi connectivity index (χ1v) is 8.92. The Morgan fingerprint density at radius 1 is 1.28 bits per heavy atom. The van der Waals surface area contributed by atoms with Crippen molar-refractivity contribution in [2.75, 3.05) is 26.2 Å². The molecule has 3 rings (SSSR count). The molecule has 1 aromatic carbocycles. The Labute approximate surface area is 147 Å². The number of carbonyl (C=O) groups excluding carboxylic acids is 1. The Kier molecular flexibility index (Phi) is 5.11. The number of alkyl halides is 2. The molecule has 4 nitrogen and oxygen atoms in total. The van der Waals surface area contributed by atoms with Gasteiger partial charge in [0.25, 0.3) is 11.8 Å². The summed E-state index contributed by atoms with van der Waals surface area (Å²) in [5, 5.41) is 9.41. The summed E-state index contributed by atoms with van der Waals surface area (Å²) in [7, 11) is 0. The van der Waals surface area contributed by atoms with Crippen LogP contribution < -0.4 is 0 Å². The number of hydrogen-bond donors (Lipinski definition) is 1. The van der Waals surface area contributed by atoms with Crippen molar-refractivity contribution in [3.63, 3.8) is 0 Å². The van der Waals surface area contributed by atoms with E-state index >= 15 is 0 Å². The summed E-state index contributed by atoms with van der Waals surface area (Å²) >= 11 is 0. The van der Waals surface area contributed by atoms with Gasteiger partial charge in [-0.25, -0.2) is 8.78 Å². The Bertz CT molecular complexity index is 642. The summed E-state index contributed by atoms with van der Waals surface area (Å²) in [5.41, 5.74) is 2.73. The first-order valence-electron chi connectivity index (χ1n) is 8.92. The van der Waals surface area contributed by atoms with Gasteiger partial charge in [-0.3, -0.25) is 9.69 Å². The van der Waals surface area contributed by atoms with Gasteiger partial charge < -0.3 is 10.0 Å². The minimum atomic E-state index is -2.72. The number of aryl methyl sites for hydroxylation is 2. The minimum Gasteiger partial charge on any atom is -0.395 e. The molecular formula is C19H26F2N2O2. The number of piperidine rings is 1. The molecule has 0 radical (unpaired) electrons. The lowest BCUT2D eigenvalue weighted by Gasteiger charge is -2.39. The van der Waals surface area contributed by atoms with E-state index in [1.54, 1.807) is 4.90 Å². The second-order valence-electron chi connectivity index (χ2n) is 7.41. The lowest BCUT2D eigenvalue weighted by atomic mass is 9.99. The lowest BCUT2D eigenvalue weighted by Crippen LogP contribution is -2.49. The molecule has 0 spiro atoms. The van der Waals surface area contributed by atoms with Crippen LogP contribution in [0.4, 0.5) is 8.78 Å². The van der Waals surface area contributed by atoms with Crippen molar-refractivity contribution < 1.29 is 18.7 Å². The number of rotatable bonds is 3. The molecule has 2 heterocycles. The molecule has 1 atom stereocenters. The van der Waals surface area contributed by atoms with Crippen molar-refractivity contribution in [3.05, 3.63) is 34.9 Å². The van der Waals surface area contributed by atoms with Gasteiger partial charge in [-0.05, 0) is 38.3 Å². The average Bonchev–Trinajstić information content (AvgIpc) is 2.91. The zero-order valence-corrected chi connectivity index (χ0v) is 14.8. The number of halogens is 2. The standard InChI is InChI=1S/C19H26F2N2O2/c1-13-3-4-14(2)17(9-13)18(25)22-7-5-15(6-8-22)23-12-19(20,21)10-16(23)11-24/h3-4,9,15-16,24H,5-8,10-12H2,1-2H3/t16-/m0/s1. The summed E-state index contributed by atoms with van der Waals surface area (Å²) < 4.78 is 27.4. The monoisotopic (exact) mass is 352 g/mol. The van der Waals surface area contributed by atoms with Crippen molar-refractivity contribution in [1.82, 2.24) is 9.80 Å². The number of aliphatic hydroxyl groups is 1. The van der Waals surface area contributed by atoms with Crippen LogP contribution in [-0.4, -0.2) is 65.1 Å². The smallest absolute Gasteiger partial charge is 0.262 e. The van der Waals surface area contributed by atoms with E-state index in [0.717, 1.165) is 16.7 Å². The van der Waals surface area contributed by atoms with Crippen molar-refractivity contribution in [2.45, 2.75) is 51.1 Å². The van der Waals surface area contributed by atoms with Crippen LogP contribution >= 0.6 is 0 Å². The van der Waals surface area contributed by atoms with E-state index in [1.807, 2.05) is 36.9 Å². The maximum Gasteiger partial charge on any atom is 0.262 e. The molecule has 2 aliphatic rings. The second kappa shape index (κ2) is 7.00. The first kappa shape index (κ1) is 18.3. The summed E-state index contributed by atoms with van der Waals surface area (Å²) in [6.07, 6.45) is 1.07. The molecule has 1 amide bonds. The highest BCUT2D eigenvalue weighted by molar-refractivity contribution is 5.95. The van der Waals surface area contributed by atoms with Crippen molar-refractivity contribution in [2.24, 2.45) is 0 Å². The average molecular weight is 352 g/mol. The van der Waals surface area contributed by atoms with Crippen LogP contribution in [0.25, 0.3) is 0 Å². The molecule has 0 unspecified atom stereocenters. The van der Waals surface area contributed by atoms with Gasteiger partial charge in [0.1, 0.15) is 0 Å². The summed E-state index contributed by atoms with van der Waals surface area (Å²) in [5.74, 6) is -2.70. The Morgan fingerprint density at radius 2 is 1.96 bits per heavy atom. The molecule has 1 aromatic rings. The van der Waals surface area contributed by atoms with E-state index in [4.69, 9.17) is 0 Å². The number of benzene rings is 1. The van der Waals surface area contributed by atoms with Crippen molar-refractivity contribution in [3.8, 4) is 0 Å². The summed E-state index contributed by atoms with van der Waals surface area (Å²) in [4.78, 5) is 16.3. The van der Waals surface area contributed by atoms with E-state index < -0.39 is 12.0 Å². The van der Waals surface area contributed by atoms with E-state index in [-0.39, 0.29) is 31.5 Å². The highest BCUT2D eigenvalue weighted by atomic mass is 19.3. The zero-order valence-electron chi connectivity index (χ0n) is 14.8. The molecule has 0 saturated carbocycles. The van der Waals surface area contributed by atoms with E-state index in [1.165, 1.54) is 0 Å². The van der Waals surface area contributed by atoms with E-state index in [0.29, 0.717) is 25.9 Å². The van der Waals surface area contributed by atoms with Crippen LogP contribution in [0.3, 0.4) is 0 Å². The van der Waals surface area contributed by atoms with Gasteiger partial charge in [-0.15, -0.1) is 0 Å². The second-order valence-corrected chi connectivity index (χ2v) is 7.41. The molecule has 2 saturated heterocycles. The number of hydrogen-bond acceptors (Lipinski definition) is 3. The SMILES string of the molecule is Cc1ccc(C)c(C(=O)N2CCC(N3CC(F)(F)C[C@H]3CO)CC2)c1. The molecule has 25 heavy (non-hydrogen) atoms. The van der Waals surface area contributed by atoms with Gasteiger partial charge >= 0.3 is 0 Å². The predicted octanol–water partition coefficient (Wildman–Crippen LogP) is 2.61. The normalized spacial score (nSPS) is 24.7. The number of nitrogens with zero attached hydrogens (tertiary/aromatic N) is 2. The van der Waals surface area contributed by atoms with Gasteiger partial charge in [-0.1, -0.05) is 17.7 Å². The fraction of sp³-hybridized carbons (Fsp3) is 0.632. The van der Waals surface area contributed by atoms with Crippen LogP contribution in [0.1, 0.15) is 40.7 Å². The lowest BCUT2D eigenvalue weighted by molar-refractivity contribution is 0.00296. The van der Waals surface area contributed by atoms with Gasteiger partial charge in [0.15, 0.2) is 0 Å². The molecule has 0 bridgehead atoms. The third-order valence-electron chi connectivity index (χ3n) is 5.47. The predicted molar refractivity (Wildman–Crippen MR) is 92.0 cm³/mol. The summed E-state index contributed by atoms with van der Waals surface area (Å²) in [6, 6.07) is 5.38. The van der Waals surface area contributed by atoms with E-state index in [2.05, 4.69) is 0 Å². The van der Waals surface area contributed by atoms with Crippen LogP contribution in [0, 0.1) is 13.8 Å². The van der Waals surface area contributed by atoms with Gasteiger partial charge in [0.2, 0.25) is 0 Å². The molecule has 138 valence electrons. The Morgan fingerprint density at radius 3 is 2.60 bits per heavy atom. The van der Waals surface area contributed by atoms with Gasteiger partial charge in [0.05, 0.1) is 13.2 Å². The summed E-state index contributed by atoms with van der Waals surface area (Å²) in [6.45, 7) is 4.50. The Balaban J connectivity index is 1.64. The largest absolute Gasteiger partial charge is 0.395 e. The number of likely N-dealkylation sites (tertiary alicyclic amines) is 2. The highest BCUT2D eigenvalue weighted by Gasteiger charge is 2.47. The van der Waals surface area contributed by atoms with Crippen molar-refractivity contribution >= 4 is 5.91 Å². The fourth-order valence-corrected chi connectivity index (χ4v) is 4.06. The van der Waals surface area contributed by atoms with Crippen molar-refractivity contribution in [1.29, 1.82) is 0 Å². The zero-order chi connectivity index (χ0) is 18.2. The number of carbonyl (C=O) groups is 1. The number of aliphatic hydroxyl groups excluding tert-OH is 1. The van der Waals surface area contributed by atoms with E-state index in [9.17, 15) is 18.7 Å². The molecular weight excluding hydrogens is 326 g/mol. The molecule has 6 heteroatoms. The van der Waals surface area contributed by atoms with Crippen LogP contribution in [0.5, 0.6) is 0 Å².